The molecular formula is C21H28I2NO6+. The number of hydrogen-bond donors (Lipinski definition) is 1. The smallest absolute Gasteiger partial charge is 0.338 e. The van der Waals surface area contributed by atoms with Gasteiger partial charge < -0.3 is 19.5 Å². The summed E-state index contributed by atoms with van der Waals surface area (Å²) in [5.74, 6) is -0.933. The Morgan fingerprint density at radius 1 is 0.967 bits per heavy atom. The Bertz CT molecular complexity index is 747. The summed E-state index contributed by atoms with van der Waals surface area (Å²) in [6.07, 6.45) is 1.95. The molecule has 1 aliphatic heterocycles. The highest BCUT2D eigenvalue weighted by molar-refractivity contribution is 14.1. The van der Waals surface area contributed by atoms with Crippen molar-refractivity contribution in [3.05, 3.63) is 23.8 Å². The van der Waals surface area contributed by atoms with Crippen LogP contribution in [0.15, 0.2) is 18.2 Å². The van der Waals surface area contributed by atoms with Crippen LogP contribution in [0.25, 0.3) is 0 Å². The first kappa shape index (κ1) is 25.3. The molecule has 0 spiro atoms. The van der Waals surface area contributed by atoms with Crippen molar-refractivity contribution in [3.8, 4) is 11.5 Å². The number of quaternary nitrogens is 1. The Hall–Kier alpha value is -0.950. The van der Waals surface area contributed by atoms with Crippen molar-refractivity contribution in [1.29, 1.82) is 0 Å². The fourth-order valence-corrected chi connectivity index (χ4v) is 3.46. The molecule has 1 fully saturated rings. The van der Waals surface area contributed by atoms with E-state index in [1.807, 2.05) is 59.0 Å². The summed E-state index contributed by atoms with van der Waals surface area (Å²) >= 11 is 3.88. The maximum Gasteiger partial charge on any atom is 0.338 e. The molecular weight excluding hydrogens is 616 g/mol. The van der Waals surface area contributed by atoms with Crippen molar-refractivity contribution < 1.29 is 33.9 Å². The zero-order chi connectivity index (χ0) is 22.5. The van der Waals surface area contributed by atoms with Gasteiger partial charge >= 0.3 is 17.9 Å². The molecule has 2 unspecified atom stereocenters. The van der Waals surface area contributed by atoms with Crippen LogP contribution in [0.2, 0.25) is 0 Å². The van der Waals surface area contributed by atoms with Gasteiger partial charge in [0.2, 0.25) is 0 Å². The lowest BCUT2D eigenvalue weighted by Gasteiger charge is -2.35. The molecule has 1 aliphatic rings. The van der Waals surface area contributed by atoms with Crippen molar-refractivity contribution in [1.82, 2.24) is 0 Å². The SMILES string of the molecule is CC(I)C(=O)Oc1cc(OC(=O)C(C)I)cc(C(=O)OC(C)(C)C2CC[NH2+]CC2)c1. The maximum absolute atomic E-state index is 12.9. The first-order valence-electron chi connectivity index (χ1n) is 9.91. The van der Waals surface area contributed by atoms with Crippen LogP contribution in [0.4, 0.5) is 0 Å². The van der Waals surface area contributed by atoms with Crippen LogP contribution in [0.3, 0.4) is 0 Å². The molecule has 0 saturated carbocycles. The Morgan fingerprint density at radius 2 is 1.43 bits per heavy atom. The zero-order valence-electron chi connectivity index (χ0n) is 17.6. The molecule has 1 heterocycles. The number of rotatable bonds is 7. The molecule has 2 rings (SSSR count). The zero-order valence-corrected chi connectivity index (χ0v) is 21.9. The summed E-state index contributed by atoms with van der Waals surface area (Å²) in [5, 5.41) is 2.26. The molecule has 1 saturated heterocycles. The third-order valence-corrected chi connectivity index (χ3v) is 6.00. The van der Waals surface area contributed by atoms with Gasteiger partial charge in [0.1, 0.15) is 24.9 Å². The average Bonchev–Trinajstić information content (AvgIpc) is 2.67. The fourth-order valence-electron chi connectivity index (χ4n) is 3.21. The molecule has 0 amide bonds. The van der Waals surface area contributed by atoms with Gasteiger partial charge in [-0.1, -0.05) is 45.2 Å². The number of esters is 3. The van der Waals surface area contributed by atoms with E-state index in [2.05, 4.69) is 5.32 Å². The van der Waals surface area contributed by atoms with E-state index in [0.29, 0.717) is 0 Å². The van der Waals surface area contributed by atoms with Crippen LogP contribution >= 0.6 is 45.2 Å². The van der Waals surface area contributed by atoms with Gasteiger partial charge in [-0.25, -0.2) is 4.79 Å². The highest BCUT2D eigenvalue weighted by atomic mass is 127. The summed E-state index contributed by atoms with van der Waals surface area (Å²) < 4.78 is 15.8. The van der Waals surface area contributed by atoms with Crippen LogP contribution in [0.5, 0.6) is 11.5 Å². The van der Waals surface area contributed by atoms with Gasteiger partial charge in [-0.3, -0.25) is 9.59 Å². The molecule has 1 aromatic rings. The second-order valence-electron chi connectivity index (χ2n) is 7.90. The molecule has 2 atom stereocenters. The quantitative estimate of drug-likeness (QED) is 0.213. The molecule has 7 nitrogen and oxygen atoms in total. The molecule has 0 aliphatic carbocycles. The number of nitrogens with two attached hydrogens (primary N) is 1. The predicted molar refractivity (Wildman–Crippen MR) is 129 cm³/mol. The van der Waals surface area contributed by atoms with Crippen LogP contribution in [-0.2, 0) is 14.3 Å². The van der Waals surface area contributed by atoms with E-state index in [9.17, 15) is 14.4 Å². The Labute approximate surface area is 204 Å². The van der Waals surface area contributed by atoms with Crippen molar-refractivity contribution in [2.24, 2.45) is 5.92 Å². The lowest BCUT2D eigenvalue weighted by atomic mass is 9.83. The number of alkyl halides is 2. The average molecular weight is 644 g/mol. The first-order chi connectivity index (χ1) is 14.0. The third kappa shape index (κ3) is 7.33. The number of benzene rings is 1. The van der Waals surface area contributed by atoms with Crippen LogP contribution in [0, 0.1) is 5.92 Å². The van der Waals surface area contributed by atoms with E-state index in [1.165, 1.54) is 18.2 Å². The Balaban J connectivity index is 2.27. The number of carbonyl (C=O) groups excluding carboxylic acids is 3. The molecule has 0 aromatic heterocycles. The van der Waals surface area contributed by atoms with E-state index in [-0.39, 0.29) is 30.8 Å². The monoisotopic (exact) mass is 644 g/mol. The minimum atomic E-state index is -0.637. The Morgan fingerprint density at radius 3 is 1.87 bits per heavy atom. The van der Waals surface area contributed by atoms with Crippen LogP contribution in [-0.4, -0.2) is 44.4 Å². The van der Waals surface area contributed by atoms with Gasteiger partial charge in [0.25, 0.3) is 0 Å². The van der Waals surface area contributed by atoms with Crippen LogP contribution in [0.1, 0.15) is 50.9 Å². The summed E-state index contributed by atoms with van der Waals surface area (Å²) in [6.45, 7) is 9.26. The standard InChI is InChI=1S/C21H27I2NO6/c1-12(22)18(25)28-16-9-14(10-17(11-16)29-19(26)13(2)23)20(27)30-21(3,4)15-5-7-24-8-6-15/h9-13,15,24H,5-8H2,1-4H3/p+1. The third-order valence-electron chi connectivity index (χ3n) is 4.98. The number of carbonyl (C=O) groups is 3. The Kier molecular flexibility index (Phi) is 9.34. The van der Waals surface area contributed by atoms with E-state index < -0.39 is 23.5 Å². The summed E-state index contributed by atoms with van der Waals surface area (Å²) in [4.78, 5) is 37.0. The van der Waals surface area contributed by atoms with Crippen molar-refractivity contribution in [2.45, 2.75) is 54.0 Å². The lowest BCUT2D eigenvalue weighted by Crippen LogP contribution is -2.86. The van der Waals surface area contributed by atoms with Crippen LogP contribution < -0.4 is 14.8 Å². The van der Waals surface area contributed by atoms with Gasteiger partial charge in [-0.05, 0) is 39.8 Å². The van der Waals surface area contributed by atoms with Gasteiger partial charge in [0.15, 0.2) is 0 Å². The minimum absolute atomic E-state index is 0.131. The van der Waals surface area contributed by atoms with Gasteiger partial charge in [0.05, 0.1) is 18.7 Å². The molecule has 30 heavy (non-hydrogen) atoms. The molecule has 166 valence electrons. The second-order valence-corrected chi connectivity index (χ2v) is 11.6. The van der Waals surface area contributed by atoms with E-state index in [4.69, 9.17) is 14.2 Å². The summed E-state index contributed by atoms with van der Waals surface area (Å²) in [7, 11) is 0. The lowest BCUT2D eigenvalue weighted by molar-refractivity contribution is -0.665. The largest absolute Gasteiger partial charge is 0.456 e. The topological polar surface area (TPSA) is 95.5 Å². The van der Waals surface area contributed by atoms with Crippen molar-refractivity contribution >= 4 is 63.1 Å². The number of ether oxygens (including phenoxy) is 3. The second kappa shape index (κ2) is 11.1. The molecule has 2 N–H and O–H groups in total. The number of piperidine rings is 1. The van der Waals surface area contributed by atoms with E-state index in [0.717, 1.165) is 25.9 Å². The minimum Gasteiger partial charge on any atom is -0.456 e. The predicted octanol–water partition coefficient (Wildman–Crippen LogP) is 3.05. The van der Waals surface area contributed by atoms with Gasteiger partial charge in [-0.2, -0.15) is 0 Å². The van der Waals surface area contributed by atoms with Gasteiger partial charge in [0, 0.05) is 24.8 Å². The van der Waals surface area contributed by atoms with Crippen molar-refractivity contribution in [2.75, 3.05) is 13.1 Å². The highest BCUT2D eigenvalue weighted by Crippen LogP contribution is 2.31. The normalized spacial score (nSPS) is 17.0. The maximum atomic E-state index is 12.9. The van der Waals surface area contributed by atoms with Gasteiger partial charge in [-0.15, -0.1) is 0 Å². The summed E-state index contributed by atoms with van der Waals surface area (Å²) in [6, 6.07) is 4.30. The number of hydrogen-bond acceptors (Lipinski definition) is 6. The summed E-state index contributed by atoms with van der Waals surface area (Å²) in [5.41, 5.74) is -0.469. The van der Waals surface area contributed by atoms with E-state index >= 15 is 0 Å². The van der Waals surface area contributed by atoms with Crippen molar-refractivity contribution in [3.63, 3.8) is 0 Å². The number of halogens is 2. The first-order valence-corrected chi connectivity index (χ1v) is 12.4. The highest BCUT2D eigenvalue weighted by Gasteiger charge is 2.35. The molecule has 0 bridgehead atoms. The molecule has 9 heteroatoms. The molecule has 1 aromatic carbocycles. The fraction of sp³-hybridized carbons (Fsp3) is 0.571. The molecule has 0 radical (unpaired) electrons. The van der Waals surface area contributed by atoms with E-state index in [1.54, 1.807) is 13.8 Å².